The maximum Gasteiger partial charge on any atom is 0.320 e. The van der Waals surface area contributed by atoms with Crippen molar-refractivity contribution in [2.24, 2.45) is 11.8 Å². The first-order valence-corrected chi connectivity index (χ1v) is 5.30. The van der Waals surface area contributed by atoms with E-state index >= 15 is 0 Å². The van der Waals surface area contributed by atoms with Crippen molar-refractivity contribution >= 4 is 11.9 Å². The number of aliphatic carboxylic acids is 1. The van der Waals surface area contributed by atoms with Gasteiger partial charge in [-0.15, -0.1) is 0 Å². The van der Waals surface area contributed by atoms with Crippen LogP contribution in [-0.2, 0) is 14.3 Å². The van der Waals surface area contributed by atoms with Gasteiger partial charge < -0.3 is 9.84 Å². The Labute approximate surface area is 96.3 Å². The molecule has 0 bridgehead atoms. The third-order valence-corrected chi connectivity index (χ3v) is 1.97. The molecule has 0 spiro atoms. The molecule has 0 heterocycles. The van der Waals surface area contributed by atoms with Crippen LogP contribution in [0, 0.1) is 11.8 Å². The predicted molar refractivity (Wildman–Crippen MR) is 60.9 cm³/mol. The minimum Gasteiger partial charge on any atom is -0.481 e. The molecule has 0 fully saturated rings. The highest BCUT2D eigenvalue weighted by molar-refractivity contribution is 5.93. The van der Waals surface area contributed by atoms with E-state index < -0.39 is 23.5 Å². The van der Waals surface area contributed by atoms with Crippen LogP contribution in [0.4, 0.5) is 0 Å². The molecule has 92 valence electrons. The van der Waals surface area contributed by atoms with Crippen molar-refractivity contribution in [3.8, 4) is 0 Å². The molecule has 1 atom stereocenters. The van der Waals surface area contributed by atoms with Crippen molar-refractivity contribution in [1.29, 1.82) is 0 Å². The second kappa shape index (κ2) is 5.68. The lowest BCUT2D eigenvalue weighted by atomic mass is 10.1. The summed E-state index contributed by atoms with van der Waals surface area (Å²) in [6.07, 6.45) is 3.68. The minimum absolute atomic E-state index is 0.356. The summed E-state index contributed by atoms with van der Waals surface area (Å²) >= 11 is 0. The SMILES string of the molecule is CC(C)C=CC(C)(C)OC(=O)C(C)C(=O)O. The number of hydrogen-bond donors (Lipinski definition) is 1. The zero-order valence-electron chi connectivity index (χ0n) is 10.5. The number of hydrogen-bond acceptors (Lipinski definition) is 3. The average molecular weight is 228 g/mol. The normalized spacial score (nSPS) is 14.1. The van der Waals surface area contributed by atoms with Crippen molar-refractivity contribution in [3.63, 3.8) is 0 Å². The van der Waals surface area contributed by atoms with E-state index in [0.29, 0.717) is 5.92 Å². The molecule has 0 radical (unpaired) electrons. The smallest absolute Gasteiger partial charge is 0.320 e. The molecule has 1 N–H and O–H groups in total. The number of allylic oxidation sites excluding steroid dienone is 1. The summed E-state index contributed by atoms with van der Waals surface area (Å²) in [5.41, 5.74) is -0.773. The minimum atomic E-state index is -1.17. The van der Waals surface area contributed by atoms with Crippen LogP contribution in [0.3, 0.4) is 0 Å². The lowest BCUT2D eigenvalue weighted by molar-refractivity contribution is -0.164. The van der Waals surface area contributed by atoms with Crippen molar-refractivity contribution in [2.45, 2.75) is 40.2 Å². The highest BCUT2D eigenvalue weighted by Gasteiger charge is 2.27. The largest absolute Gasteiger partial charge is 0.481 e. The van der Waals surface area contributed by atoms with Gasteiger partial charge in [-0.3, -0.25) is 9.59 Å². The van der Waals surface area contributed by atoms with Crippen LogP contribution in [0.15, 0.2) is 12.2 Å². The summed E-state index contributed by atoms with van der Waals surface area (Å²) in [4.78, 5) is 22.0. The fourth-order valence-electron chi connectivity index (χ4n) is 0.907. The van der Waals surface area contributed by atoms with E-state index in [1.165, 1.54) is 6.92 Å². The van der Waals surface area contributed by atoms with E-state index in [1.54, 1.807) is 19.9 Å². The number of carbonyl (C=O) groups excluding carboxylic acids is 1. The fraction of sp³-hybridized carbons (Fsp3) is 0.667. The van der Waals surface area contributed by atoms with Crippen LogP contribution in [0.2, 0.25) is 0 Å². The van der Waals surface area contributed by atoms with Crippen molar-refractivity contribution in [3.05, 3.63) is 12.2 Å². The summed E-state index contributed by atoms with van der Waals surface area (Å²) in [7, 11) is 0. The quantitative estimate of drug-likeness (QED) is 0.445. The molecule has 0 aromatic heterocycles. The lowest BCUT2D eigenvalue weighted by Crippen LogP contribution is -2.32. The number of carbonyl (C=O) groups is 2. The molecule has 0 rings (SSSR count). The molecule has 0 saturated heterocycles. The number of carboxylic acids is 1. The second-order valence-electron chi connectivity index (χ2n) is 4.69. The molecule has 0 aromatic carbocycles. The molecule has 0 aliphatic heterocycles. The van der Waals surface area contributed by atoms with Gasteiger partial charge in [0.1, 0.15) is 5.60 Å². The molecule has 0 aliphatic rings. The van der Waals surface area contributed by atoms with E-state index in [1.807, 2.05) is 19.9 Å². The average Bonchev–Trinajstić information content (AvgIpc) is 2.12. The van der Waals surface area contributed by atoms with Crippen LogP contribution in [0.25, 0.3) is 0 Å². The third kappa shape index (κ3) is 5.53. The maximum atomic E-state index is 11.4. The molecule has 0 aromatic rings. The molecule has 4 nitrogen and oxygen atoms in total. The van der Waals surface area contributed by atoms with E-state index in [0.717, 1.165) is 0 Å². The van der Waals surface area contributed by atoms with Crippen molar-refractivity contribution in [2.75, 3.05) is 0 Å². The summed E-state index contributed by atoms with van der Waals surface area (Å²) in [5.74, 6) is -2.67. The molecular weight excluding hydrogens is 208 g/mol. The highest BCUT2D eigenvalue weighted by atomic mass is 16.6. The van der Waals surface area contributed by atoms with Gasteiger partial charge in [-0.1, -0.05) is 19.9 Å². The summed E-state index contributed by atoms with van der Waals surface area (Å²) in [6, 6.07) is 0. The number of carboxylic acid groups (broad SMARTS) is 1. The standard InChI is InChI=1S/C12H20O4/c1-8(2)6-7-12(4,5)16-11(15)9(3)10(13)14/h6-9H,1-5H3,(H,13,14). The summed E-state index contributed by atoms with van der Waals surface area (Å²) in [5, 5.41) is 8.65. The topological polar surface area (TPSA) is 63.6 Å². The van der Waals surface area contributed by atoms with Gasteiger partial charge in [0.2, 0.25) is 0 Å². The maximum absolute atomic E-state index is 11.4. The fourth-order valence-corrected chi connectivity index (χ4v) is 0.907. The molecule has 0 saturated carbocycles. The van der Waals surface area contributed by atoms with Gasteiger partial charge in [-0.25, -0.2) is 0 Å². The van der Waals surface area contributed by atoms with E-state index in [2.05, 4.69) is 0 Å². The molecule has 16 heavy (non-hydrogen) atoms. The molecular formula is C12H20O4. The Kier molecular flexibility index (Phi) is 5.21. The summed E-state index contributed by atoms with van der Waals surface area (Å²) < 4.78 is 5.10. The van der Waals surface area contributed by atoms with Gasteiger partial charge in [0.15, 0.2) is 5.92 Å². The Bertz CT molecular complexity index is 289. The third-order valence-electron chi connectivity index (χ3n) is 1.97. The Morgan fingerprint density at radius 1 is 1.25 bits per heavy atom. The Hall–Kier alpha value is -1.32. The van der Waals surface area contributed by atoms with E-state index in [-0.39, 0.29) is 0 Å². The second-order valence-corrected chi connectivity index (χ2v) is 4.69. The number of esters is 1. The van der Waals surface area contributed by atoms with Crippen LogP contribution < -0.4 is 0 Å². The predicted octanol–water partition coefficient (Wildman–Crippen LogP) is 2.24. The van der Waals surface area contributed by atoms with Crippen LogP contribution in [0.1, 0.15) is 34.6 Å². The number of ether oxygens (including phenoxy) is 1. The number of rotatable bonds is 5. The van der Waals surface area contributed by atoms with Crippen LogP contribution >= 0.6 is 0 Å². The van der Waals surface area contributed by atoms with Crippen molar-refractivity contribution < 1.29 is 19.4 Å². The van der Waals surface area contributed by atoms with Gasteiger partial charge in [0.05, 0.1) is 0 Å². The Morgan fingerprint density at radius 2 is 1.75 bits per heavy atom. The van der Waals surface area contributed by atoms with Gasteiger partial charge in [-0.05, 0) is 32.8 Å². The first-order chi connectivity index (χ1) is 7.15. The Morgan fingerprint density at radius 3 is 2.12 bits per heavy atom. The van der Waals surface area contributed by atoms with Gasteiger partial charge in [0, 0.05) is 0 Å². The molecule has 0 amide bonds. The van der Waals surface area contributed by atoms with Gasteiger partial charge in [0.25, 0.3) is 0 Å². The first kappa shape index (κ1) is 14.7. The summed E-state index contributed by atoms with van der Waals surface area (Å²) in [6.45, 7) is 8.77. The zero-order chi connectivity index (χ0) is 12.9. The molecule has 1 unspecified atom stereocenters. The highest BCUT2D eigenvalue weighted by Crippen LogP contribution is 2.15. The molecule has 0 aliphatic carbocycles. The van der Waals surface area contributed by atoms with Crippen LogP contribution in [-0.4, -0.2) is 22.6 Å². The zero-order valence-corrected chi connectivity index (χ0v) is 10.5. The van der Waals surface area contributed by atoms with E-state index in [4.69, 9.17) is 9.84 Å². The monoisotopic (exact) mass is 228 g/mol. The Balaban J connectivity index is 4.47. The molecule has 4 heteroatoms. The van der Waals surface area contributed by atoms with Crippen molar-refractivity contribution in [1.82, 2.24) is 0 Å². The van der Waals surface area contributed by atoms with Gasteiger partial charge in [-0.2, -0.15) is 0 Å². The van der Waals surface area contributed by atoms with E-state index in [9.17, 15) is 9.59 Å². The van der Waals surface area contributed by atoms with Crippen LogP contribution in [0.5, 0.6) is 0 Å². The first-order valence-electron chi connectivity index (χ1n) is 5.30. The van der Waals surface area contributed by atoms with Gasteiger partial charge >= 0.3 is 11.9 Å². The lowest BCUT2D eigenvalue weighted by Gasteiger charge is -2.22.